The molecule has 0 spiro atoms. The Morgan fingerprint density at radius 2 is 1.82 bits per heavy atom. The van der Waals surface area contributed by atoms with Gasteiger partial charge in [0.15, 0.2) is 0 Å². The highest BCUT2D eigenvalue weighted by molar-refractivity contribution is 9.10. The van der Waals surface area contributed by atoms with E-state index in [2.05, 4.69) is 31.3 Å². The molecule has 2 fully saturated rings. The van der Waals surface area contributed by atoms with E-state index in [1.165, 1.54) is 0 Å². The van der Waals surface area contributed by atoms with Gasteiger partial charge in [-0.05, 0) is 30.0 Å². The van der Waals surface area contributed by atoms with E-state index in [4.69, 9.17) is 0 Å². The molecule has 12 heteroatoms. The van der Waals surface area contributed by atoms with Crippen LogP contribution in [0.4, 0.5) is 0 Å². The van der Waals surface area contributed by atoms with E-state index in [0.29, 0.717) is 6.42 Å². The second-order valence-electron chi connectivity index (χ2n) is 9.29. The van der Waals surface area contributed by atoms with Crippen molar-refractivity contribution in [3.05, 3.63) is 34.3 Å². The monoisotopic (exact) mass is 556 g/mol. The van der Waals surface area contributed by atoms with Crippen molar-refractivity contribution in [1.29, 1.82) is 0 Å². The molecule has 1 aromatic rings. The molecule has 10 nitrogen and oxygen atoms in total. The van der Waals surface area contributed by atoms with Crippen molar-refractivity contribution < 1.29 is 27.6 Å². The highest BCUT2D eigenvalue weighted by Crippen LogP contribution is 2.34. The van der Waals surface area contributed by atoms with Gasteiger partial charge in [0.25, 0.3) is 0 Å². The molecule has 4 amide bonds. The van der Waals surface area contributed by atoms with Crippen molar-refractivity contribution in [3.63, 3.8) is 0 Å². The number of imide groups is 1. The zero-order valence-corrected chi connectivity index (χ0v) is 21.7. The number of carbonyl (C=O) groups is 4. The average molecular weight is 557 g/mol. The predicted octanol–water partition coefficient (Wildman–Crippen LogP) is 0.620. The summed E-state index contributed by atoms with van der Waals surface area (Å²) >= 11 is 3.39. The van der Waals surface area contributed by atoms with Crippen molar-refractivity contribution in [2.45, 2.75) is 44.7 Å². The van der Waals surface area contributed by atoms with Gasteiger partial charge in [-0.15, -0.1) is 0 Å². The quantitative estimate of drug-likeness (QED) is 0.400. The fourth-order valence-electron chi connectivity index (χ4n) is 4.19. The first-order valence-electron chi connectivity index (χ1n) is 11.0. The van der Waals surface area contributed by atoms with Gasteiger partial charge in [0, 0.05) is 36.3 Å². The number of sulfonamides is 1. The second-order valence-corrected chi connectivity index (χ2v) is 12.0. The molecule has 0 saturated carbocycles. The van der Waals surface area contributed by atoms with Crippen LogP contribution in [0, 0.1) is 11.8 Å². The summed E-state index contributed by atoms with van der Waals surface area (Å²) in [5.41, 5.74) is -0.124. The van der Waals surface area contributed by atoms with Crippen LogP contribution in [0.15, 0.2) is 28.7 Å². The number of piperidine rings is 1. The first-order chi connectivity index (χ1) is 15.8. The second kappa shape index (κ2) is 10.1. The summed E-state index contributed by atoms with van der Waals surface area (Å²) in [7, 11) is -3.62. The summed E-state index contributed by atoms with van der Waals surface area (Å²) in [6, 6.07) is 6.34. The highest BCUT2D eigenvalue weighted by Gasteiger charge is 2.49. The summed E-state index contributed by atoms with van der Waals surface area (Å²) in [4.78, 5) is 50.9. The molecule has 34 heavy (non-hydrogen) atoms. The Bertz CT molecular complexity index is 1080. The number of rotatable bonds is 8. The van der Waals surface area contributed by atoms with Gasteiger partial charge >= 0.3 is 0 Å². The minimum absolute atomic E-state index is 0.0201. The maximum absolute atomic E-state index is 13.1. The lowest BCUT2D eigenvalue weighted by Gasteiger charge is -2.51. The number of likely N-dealkylation sites (tertiary alicyclic amines) is 1. The summed E-state index contributed by atoms with van der Waals surface area (Å²) in [6.07, 6.45) is 1.51. The molecule has 2 atom stereocenters. The van der Waals surface area contributed by atoms with E-state index in [9.17, 15) is 27.6 Å². The first-order valence-corrected chi connectivity index (χ1v) is 13.6. The van der Waals surface area contributed by atoms with Crippen LogP contribution in [0.2, 0.25) is 0 Å². The van der Waals surface area contributed by atoms with E-state index in [-0.39, 0.29) is 43.7 Å². The maximum atomic E-state index is 13.1. The Balaban J connectivity index is 1.76. The lowest BCUT2D eigenvalue weighted by Crippen LogP contribution is -2.70. The third kappa shape index (κ3) is 6.22. The Morgan fingerprint density at radius 3 is 2.35 bits per heavy atom. The fraction of sp³-hybridized carbons (Fsp3) is 0.545. The van der Waals surface area contributed by atoms with Crippen LogP contribution in [0.3, 0.4) is 0 Å². The van der Waals surface area contributed by atoms with Gasteiger partial charge in [0.1, 0.15) is 11.6 Å². The lowest BCUT2D eigenvalue weighted by atomic mass is 9.81. The molecule has 2 saturated heterocycles. The van der Waals surface area contributed by atoms with Crippen molar-refractivity contribution in [3.8, 4) is 0 Å². The van der Waals surface area contributed by atoms with Crippen molar-refractivity contribution in [2.24, 2.45) is 11.8 Å². The van der Waals surface area contributed by atoms with Crippen LogP contribution < -0.4 is 15.4 Å². The lowest BCUT2D eigenvalue weighted by molar-refractivity contribution is -0.148. The standard InChI is InChI=1S/C22H29BrN4O6S/c1-13(2)19(26-34(3,32)33)21(31)25-22(15-5-7-16(23)8-6-15)11-27(12-22)18(29)10-14-4-9-17(28)24-20(14)30/h5-8,13-14,19,26H,4,9-12H2,1-3H3,(H,25,31)(H,24,28,30)/t14?,19-/m0/s1. The van der Waals surface area contributed by atoms with Gasteiger partial charge in [0.2, 0.25) is 33.7 Å². The van der Waals surface area contributed by atoms with Gasteiger partial charge in [-0.25, -0.2) is 13.1 Å². The predicted molar refractivity (Wildman–Crippen MR) is 128 cm³/mol. The Hall–Kier alpha value is -2.31. The molecule has 0 radical (unpaired) electrons. The zero-order chi connectivity index (χ0) is 25.3. The molecule has 2 aliphatic heterocycles. The SMILES string of the molecule is CC(C)[C@H](NS(C)(=O)=O)C(=O)NC1(c2ccc(Br)cc2)CN(C(=O)CC2CCC(=O)NC2=O)C1. The maximum Gasteiger partial charge on any atom is 0.239 e. The van der Waals surface area contributed by atoms with E-state index in [1.807, 2.05) is 24.3 Å². The highest BCUT2D eigenvalue weighted by atomic mass is 79.9. The van der Waals surface area contributed by atoms with E-state index in [1.54, 1.807) is 18.7 Å². The molecule has 0 aliphatic carbocycles. The largest absolute Gasteiger partial charge is 0.342 e. The van der Waals surface area contributed by atoms with Crippen LogP contribution in [-0.4, -0.2) is 62.3 Å². The average Bonchev–Trinajstić information content (AvgIpc) is 2.70. The summed E-state index contributed by atoms with van der Waals surface area (Å²) < 4.78 is 26.8. The van der Waals surface area contributed by atoms with E-state index < -0.39 is 39.3 Å². The third-order valence-electron chi connectivity index (χ3n) is 6.10. The minimum Gasteiger partial charge on any atom is -0.342 e. The minimum atomic E-state index is -3.62. The molecular formula is C22H29BrN4O6S. The van der Waals surface area contributed by atoms with Gasteiger partial charge < -0.3 is 10.2 Å². The number of carbonyl (C=O) groups excluding carboxylic acids is 4. The summed E-state index contributed by atoms with van der Waals surface area (Å²) in [6.45, 7) is 3.84. The van der Waals surface area contributed by atoms with E-state index in [0.717, 1.165) is 16.3 Å². The number of hydrogen-bond acceptors (Lipinski definition) is 6. The smallest absolute Gasteiger partial charge is 0.239 e. The molecule has 186 valence electrons. The van der Waals surface area contributed by atoms with E-state index >= 15 is 0 Å². The number of nitrogens with one attached hydrogen (secondary N) is 3. The third-order valence-corrected chi connectivity index (χ3v) is 7.31. The molecule has 0 aromatic heterocycles. The molecule has 3 N–H and O–H groups in total. The molecule has 1 unspecified atom stereocenters. The molecular weight excluding hydrogens is 528 g/mol. The molecule has 1 aromatic carbocycles. The zero-order valence-electron chi connectivity index (χ0n) is 19.3. The first kappa shape index (κ1) is 26.3. The van der Waals surface area contributed by atoms with Gasteiger partial charge in [-0.1, -0.05) is 41.9 Å². The van der Waals surface area contributed by atoms with Crippen LogP contribution in [-0.2, 0) is 34.7 Å². The fourth-order valence-corrected chi connectivity index (χ4v) is 5.30. The van der Waals surface area contributed by atoms with Crippen LogP contribution in [0.1, 0.15) is 38.7 Å². The van der Waals surface area contributed by atoms with Crippen molar-refractivity contribution >= 4 is 49.6 Å². The van der Waals surface area contributed by atoms with Crippen molar-refractivity contribution in [1.82, 2.24) is 20.3 Å². The summed E-state index contributed by atoms with van der Waals surface area (Å²) in [5, 5.41) is 5.23. The van der Waals surface area contributed by atoms with Crippen molar-refractivity contribution in [2.75, 3.05) is 19.3 Å². The normalized spacial score (nSPS) is 21.0. The molecule has 0 bridgehead atoms. The van der Waals surface area contributed by atoms with Crippen LogP contribution in [0.25, 0.3) is 0 Å². The molecule has 2 heterocycles. The Kier molecular flexibility index (Phi) is 7.83. The molecule has 3 rings (SSSR count). The van der Waals surface area contributed by atoms with Crippen LogP contribution in [0.5, 0.6) is 0 Å². The van der Waals surface area contributed by atoms with Gasteiger partial charge in [0.05, 0.1) is 6.26 Å². The Morgan fingerprint density at radius 1 is 1.21 bits per heavy atom. The number of benzene rings is 1. The van der Waals surface area contributed by atoms with Gasteiger partial charge in [-0.2, -0.15) is 0 Å². The van der Waals surface area contributed by atoms with Crippen LogP contribution >= 0.6 is 15.9 Å². The number of nitrogens with zero attached hydrogens (tertiary/aromatic N) is 1. The number of amides is 4. The topological polar surface area (TPSA) is 142 Å². The Labute approximate surface area is 207 Å². The molecule has 2 aliphatic rings. The van der Waals surface area contributed by atoms with Gasteiger partial charge in [-0.3, -0.25) is 24.5 Å². The number of hydrogen-bond donors (Lipinski definition) is 3. The number of halogens is 1. The summed E-state index contributed by atoms with van der Waals surface area (Å²) in [5.74, 6) is -2.37.